The number of aromatic amines is 1. The molecule has 3 aromatic rings. The number of aromatic nitrogens is 5. The molecule has 3 rings (SSSR count). The van der Waals surface area contributed by atoms with Crippen molar-refractivity contribution >= 4 is 11.6 Å². The summed E-state index contributed by atoms with van der Waals surface area (Å²) < 4.78 is 0.712. The molecule has 1 N–H and O–H groups in total. The Labute approximate surface area is 113 Å². The SMILES string of the molecule is [O-][n+]1ccc(-c2nc(-c3ccnc(Cl)c3)n[nH]2)cc1. The molecular weight excluding hydrogens is 266 g/mol. The fourth-order valence-electron chi connectivity index (χ4n) is 1.63. The number of nitrogens with zero attached hydrogens (tertiary/aromatic N) is 4. The molecule has 3 aromatic heterocycles. The second-order valence-corrected chi connectivity index (χ2v) is 4.21. The standard InChI is InChI=1S/C12H8ClN5O/c13-10-7-9(1-4-14-10)12-15-11(16-17-12)8-2-5-18(19)6-3-8/h1-7H,(H,15,16,17). The summed E-state index contributed by atoms with van der Waals surface area (Å²) in [4.78, 5) is 8.26. The Kier molecular flexibility index (Phi) is 2.85. The summed E-state index contributed by atoms with van der Waals surface area (Å²) in [5, 5.41) is 18.3. The fraction of sp³-hybridized carbons (Fsp3) is 0. The van der Waals surface area contributed by atoms with Crippen LogP contribution in [-0.4, -0.2) is 20.2 Å². The van der Waals surface area contributed by atoms with Gasteiger partial charge in [0.2, 0.25) is 0 Å². The Morgan fingerprint density at radius 1 is 1.16 bits per heavy atom. The van der Waals surface area contributed by atoms with E-state index in [9.17, 15) is 5.21 Å². The smallest absolute Gasteiger partial charge is 0.181 e. The largest absolute Gasteiger partial charge is 0.619 e. The molecule has 19 heavy (non-hydrogen) atoms. The molecular formula is C12H8ClN5O. The molecule has 0 amide bonds. The van der Waals surface area contributed by atoms with Crippen LogP contribution in [0, 0.1) is 5.21 Å². The van der Waals surface area contributed by atoms with E-state index in [1.54, 1.807) is 30.5 Å². The van der Waals surface area contributed by atoms with Gasteiger partial charge in [-0.2, -0.15) is 9.83 Å². The van der Waals surface area contributed by atoms with Crippen molar-refractivity contribution in [3.63, 3.8) is 0 Å². The molecule has 6 nitrogen and oxygen atoms in total. The third-order valence-corrected chi connectivity index (χ3v) is 2.75. The Bertz CT molecular complexity index is 710. The predicted molar refractivity (Wildman–Crippen MR) is 69.0 cm³/mol. The van der Waals surface area contributed by atoms with E-state index in [0.717, 1.165) is 11.1 Å². The summed E-state index contributed by atoms with van der Waals surface area (Å²) in [6.45, 7) is 0. The molecule has 3 heterocycles. The topological polar surface area (TPSA) is 81.4 Å². The zero-order chi connectivity index (χ0) is 13.2. The van der Waals surface area contributed by atoms with E-state index in [2.05, 4.69) is 20.2 Å². The van der Waals surface area contributed by atoms with Crippen molar-refractivity contribution < 1.29 is 4.73 Å². The molecule has 0 unspecified atom stereocenters. The molecule has 0 saturated heterocycles. The van der Waals surface area contributed by atoms with Crippen molar-refractivity contribution in [3.05, 3.63) is 53.2 Å². The van der Waals surface area contributed by atoms with E-state index >= 15 is 0 Å². The lowest BCUT2D eigenvalue weighted by molar-refractivity contribution is -0.605. The van der Waals surface area contributed by atoms with Gasteiger partial charge in [-0.15, -0.1) is 0 Å². The van der Waals surface area contributed by atoms with Gasteiger partial charge in [0.25, 0.3) is 0 Å². The summed E-state index contributed by atoms with van der Waals surface area (Å²) in [7, 11) is 0. The molecule has 0 fully saturated rings. The average Bonchev–Trinajstić information content (AvgIpc) is 2.89. The van der Waals surface area contributed by atoms with Gasteiger partial charge in [-0.1, -0.05) is 11.6 Å². The second kappa shape index (κ2) is 4.66. The number of halogens is 1. The lowest BCUT2D eigenvalue weighted by atomic mass is 10.2. The molecule has 0 atom stereocenters. The van der Waals surface area contributed by atoms with Crippen LogP contribution in [0.1, 0.15) is 0 Å². The minimum absolute atomic E-state index is 0.385. The first-order chi connectivity index (χ1) is 9.22. The molecule has 0 bridgehead atoms. The highest BCUT2D eigenvalue weighted by Crippen LogP contribution is 2.20. The summed E-state index contributed by atoms with van der Waals surface area (Å²) in [5.41, 5.74) is 1.56. The monoisotopic (exact) mass is 273 g/mol. The molecule has 0 aliphatic carbocycles. The van der Waals surface area contributed by atoms with E-state index in [4.69, 9.17) is 11.6 Å². The van der Waals surface area contributed by atoms with Crippen molar-refractivity contribution in [1.82, 2.24) is 20.2 Å². The van der Waals surface area contributed by atoms with E-state index < -0.39 is 0 Å². The average molecular weight is 274 g/mol. The molecule has 0 aromatic carbocycles. The van der Waals surface area contributed by atoms with Gasteiger partial charge >= 0.3 is 0 Å². The van der Waals surface area contributed by atoms with Gasteiger partial charge in [0.05, 0.1) is 0 Å². The van der Waals surface area contributed by atoms with Crippen LogP contribution in [-0.2, 0) is 0 Å². The molecule has 0 radical (unpaired) electrons. The first-order valence-corrected chi connectivity index (χ1v) is 5.84. The number of hydrogen-bond donors (Lipinski definition) is 1. The summed E-state index contributed by atoms with van der Waals surface area (Å²) in [6.07, 6.45) is 4.40. The molecule has 94 valence electrons. The van der Waals surface area contributed by atoms with Gasteiger partial charge in [-0.05, 0) is 12.1 Å². The first-order valence-electron chi connectivity index (χ1n) is 5.46. The van der Waals surface area contributed by atoms with Gasteiger partial charge in [0.1, 0.15) is 5.15 Å². The Morgan fingerprint density at radius 2 is 1.95 bits per heavy atom. The maximum Gasteiger partial charge on any atom is 0.181 e. The van der Waals surface area contributed by atoms with Crippen molar-refractivity contribution in [2.45, 2.75) is 0 Å². The van der Waals surface area contributed by atoms with Crippen LogP contribution >= 0.6 is 11.6 Å². The third-order valence-electron chi connectivity index (χ3n) is 2.55. The van der Waals surface area contributed by atoms with Crippen LogP contribution in [0.25, 0.3) is 22.8 Å². The van der Waals surface area contributed by atoms with Crippen molar-refractivity contribution in [1.29, 1.82) is 0 Å². The van der Waals surface area contributed by atoms with Crippen molar-refractivity contribution in [2.75, 3.05) is 0 Å². The van der Waals surface area contributed by atoms with Crippen LogP contribution in [0.3, 0.4) is 0 Å². The minimum atomic E-state index is 0.385. The molecule has 7 heteroatoms. The van der Waals surface area contributed by atoms with E-state index in [1.807, 2.05) is 0 Å². The summed E-state index contributed by atoms with van der Waals surface area (Å²) in [6, 6.07) is 6.79. The normalized spacial score (nSPS) is 10.6. The summed E-state index contributed by atoms with van der Waals surface area (Å²) >= 11 is 5.82. The fourth-order valence-corrected chi connectivity index (χ4v) is 1.81. The van der Waals surface area contributed by atoms with E-state index in [1.165, 1.54) is 12.4 Å². The van der Waals surface area contributed by atoms with E-state index in [-0.39, 0.29) is 0 Å². The minimum Gasteiger partial charge on any atom is -0.619 e. The Morgan fingerprint density at radius 3 is 2.68 bits per heavy atom. The quantitative estimate of drug-likeness (QED) is 0.439. The van der Waals surface area contributed by atoms with Crippen LogP contribution in [0.4, 0.5) is 0 Å². The molecule has 0 aliphatic rings. The Hall–Kier alpha value is -2.47. The van der Waals surface area contributed by atoms with E-state index in [0.29, 0.717) is 21.5 Å². The van der Waals surface area contributed by atoms with Gasteiger partial charge in [-0.25, -0.2) is 9.97 Å². The number of pyridine rings is 2. The zero-order valence-corrected chi connectivity index (χ0v) is 10.4. The van der Waals surface area contributed by atoms with Crippen LogP contribution in [0.15, 0.2) is 42.9 Å². The van der Waals surface area contributed by atoms with Crippen LogP contribution in [0.5, 0.6) is 0 Å². The highest BCUT2D eigenvalue weighted by Gasteiger charge is 2.09. The highest BCUT2D eigenvalue weighted by atomic mass is 35.5. The number of H-pyrrole nitrogens is 1. The third kappa shape index (κ3) is 2.38. The first kappa shape index (κ1) is 11.6. The van der Waals surface area contributed by atoms with Crippen LogP contribution in [0.2, 0.25) is 5.15 Å². The van der Waals surface area contributed by atoms with Gasteiger partial charge in [-0.3, -0.25) is 5.10 Å². The molecule has 0 saturated carbocycles. The lowest BCUT2D eigenvalue weighted by Gasteiger charge is -1.96. The molecule has 0 aliphatic heterocycles. The van der Waals surface area contributed by atoms with Crippen LogP contribution < -0.4 is 4.73 Å². The van der Waals surface area contributed by atoms with Gasteiger partial charge in [0.15, 0.2) is 24.0 Å². The number of rotatable bonds is 2. The number of hydrogen-bond acceptors (Lipinski definition) is 4. The lowest BCUT2D eigenvalue weighted by Crippen LogP contribution is -2.23. The highest BCUT2D eigenvalue weighted by molar-refractivity contribution is 6.29. The second-order valence-electron chi connectivity index (χ2n) is 3.82. The van der Waals surface area contributed by atoms with Gasteiger partial charge < -0.3 is 5.21 Å². The molecule has 0 spiro atoms. The van der Waals surface area contributed by atoms with Crippen molar-refractivity contribution in [3.8, 4) is 22.8 Å². The summed E-state index contributed by atoms with van der Waals surface area (Å²) in [5.74, 6) is 1.11. The van der Waals surface area contributed by atoms with Crippen molar-refractivity contribution in [2.24, 2.45) is 0 Å². The van der Waals surface area contributed by atoms with Gasteiger partial charge in [0, 0.05) is 29.5 Å². The number of nitrogens with one attached hydrogen (secondary N) is 1. The Balaban J connectivity index is 1.97. The zero-order valence-electron chi connectivity index (χ0n) is 9.62. The maximum atomic E-state index is 11.0. The maximum absolute atomic E-state index is 11.0. The predicted octanol–water partition coefficient (Wildman–Crippen LogP) is 1.82.